The van der Waals surface area contributed by atoms with E-state index in [1.807, 2.05) is 6.07 Å². The van der Waals surface area contributed by atoms with Crippen LogP contribution >= 0.6 is 11.3 Å². The van der Waals surface area contributed by atoms with Crippen molar-refractivity contribution in [3.8, 4) is 16.5 Å². The van der Waals surface area contributed by atoms with Crippen molar-refractivity contribution in [1.82, 2.24) is 25.2 Å². The van der Waals surface area contributed by atoms with Crippen LogP contribution in [0, 0.1) is 13.8 Å². The third-order valence-corrected chi connectivity index (χ3v) is 7.96. The molecule has 188 valence electrons. The van der Waals surface area contributed by atoms with Crippen molar-refractivity contribution < 1.29 is 14.6 Å². The van der Waals surface area contributed by atoms with E-state index in [2.05, 4.69) is 81.6 Å². The molecule has 0 bridgehead atoms. The first-order chi connectivity index (χ1) is 17.9. The zero-order valence-corrected chi connectivity index (χ0v) is 21.4. The van der Waals surface area contributed by atoms with E-state index in [1.165, 1.54) is 33.6 Å². The van der Waals surface area contributed by atoms with Crippen LogP contribution in [-0.4, -0.2) is 55.0 Å². The predicted octanol–water partition coefficient (Wildman–Crippen LogP) is 4.36. The molecule has 10 heteroatoms. The van der Waals surface area contributed by atoms with Gasteiger partial charge in [-0.05, 0) is 47.9 Å². The van der Waals surface area contributed by atoms with Crippen LogP contribution in [-0.2, 0) is 11.3 Å². The number of fused-ring (bicyclic) bond motifs is 1. The Labute approximate surface area is 218 Å². The van der Waals surface area contributed by atoms with Crippen molar-refractivity contribution in [2.45, 2.75) is 38.8 Å². The fourth-order valence-electron chi connectivity index (χ4n) is 4.98. The summed E-state index contributed by atoms with van der Waals surface area (Å²) in [5.74, 6) is 0.298. The number of carboxylic acid groups (broad SMARTS) is 1. The third-order valence-electron chi connectivity index (χ3n) is 6.90. The number of aromatic nitrogens is 5. The monoisotopic (exact) mass is 514 g/mol. The summed E-state index contributed by atoms with van der Waals surface area (Å²) in [6.45, 7) is 5.56. The molecule has 1 spiro atoms. The first kappa shape index (κ1) is 23.4. The van der Waals surface area contributed by atoms with Crippen molar-refractivity contribution in [2.75, 3.05) is 18.0 Å². The van der Waals surface area contributed by atoms with E-state index in [0.717, 1.165) is 52.0 Å². The highest BCUT2D eigenvalue weighted by atomic mass is 32.1. The molecule has 2 aromatic heterocycles. The largest absolute Gasteiger partial charge is 0.482 e. The van der Waals surface area contributed by atoms with Crippen LogP contribution < -0.4 is 9.64 Å². The number of benzene rings is 2. The molecule has 37 heavy (non-hydrogen) atoms. The summed E-state index contributed by atoms with van der Waals surface area (Å²) < 4.78 is 6.68. The van der Waals surface area contributed by atoms with E-state index in [4.69, 9.17) is 9.84 Å². The van der Waals surface area contributed by atoms with Gasteiger partial charge in [0.15, 0.2) is 11.7 Å². The minimum atomic E-state index is -1.02. The Kier molecular flexibility index (Phi) is 5.75. The smallest absolute Gasteiger partial charge is 0.327 e. The van der Waals surface area contributed by atoms with Crippen LogP contribution in [0.4, 0.5) is 5.13 Å². The van der Waals surface area contributed by atoms with Gasteiger partial charge in [0, 0.05) is 31.5 Å². The van der Waals surface area contributed by atoms with Crippen LogP contribution in [0.2, 0.25) is 0 Å². The van der Waals surface area contributed by atoms with Crippen molar-refractivity contribution in [2.24, 2.45) is 0 Å². The fourth-order valence-corrected chi connectivity index (χ4v) is 5.88. The number of piperidine rings is 1. The lowest BCUT2D eigenvalue weighted by Gasteiger charge is -2.43. The molecule has 2 aromatic carbocycles. The number of carboxylic acids is 1. The molecule has 4 aromatic rings. The van der Waals surface area contributed by atoms with Crippen molar-refractivity contribution in [3.05, 3.63) is 77.0 Å². The Morgan fingerprint density at radius 3 is 2.76 bits per heavy atom. The molecule has 6 rings (SSSR count). The first-order valence-electron chi connectivity index (χ1n) is 12.2. The highest BCUT2D eigenvalue weighted by Gasteiger charge is 2.39. The van der Waals surface area contributed by atoms with Crippen LogP contribution in [0.3, 0.4) is 0 Å². The van der Waals surface area contributed by atoms with Crippen LogP contribution in [0.1, 0.15) is 35.1 Å². The maximum Gasteiger partial charge on any atom is 0.327 e. The van der Waals surface area contributed by atoms with E-state index < -0.39 is 5.97 Å². The molecular formula is C27H26N6O3S. The molecule has 0 radical (unpaired) electrons. The number of thiazole rings is 1. The highest BCUT2D eigenvalue weighted by Crippen LogP contribution is 2.44. The lowest BCUT2D eigenvalue weighted by Crippen LogP contribution is -2.48. The number of anilines is 1. The number of nitrogens with zero attached hydrogens (tertiary/aromatic N) is 6. The van der Waals surface area contributed by atoms with E-state index in [9.17, 15) is 4.79 Å². The Balaban J connectivity index is 1.24. The van der Waals surface area contributed by atoms with Crippen LogP contribution in [0.25, 0.3) is 16.3 Å². The average molecular weight is 515 g/mol. The van der Waals surface area contributed by atoms with Gasteiger partial charge in [0.25, 0.3) is 0 Å². The molecular weight excluding hydrogens is 488 g/mol. The van der Waals surface area contributed by atoms with Crippen molar-refractivity contribution in [3.63, 3.8) is 0 Å². The molecule has 1 N–H and O–H groups in total. The number of rotatable bonds is 5. The summed E-state index contributed by atoms with van der Waals surface area (Å²) >= 11 is 1.48. The molecule has 4 heterocycles. The second-order valence-corrected chi connectivity index (χ2v) is 10.6. The van der Waals surface area contributed by atoms with Crippen molar-refractivity contribution in [1.29, 1.82) is 0 Å². The van der Waals surface area contributed by atoms with Gasteiger partial charge in [0.2, 0.25) is 5.82 Å². The number of aliphatic carboxylic acids is 1. The lowest BCUT2D eigenvalue weighted by molar-refractivity contribution is -0.138. The molecule has 0 amide bonds. The number of ether oxygens (including phenoxy) is 1. The number of para-hydroxylation sites is 1. The topological polar surface area (TPSA) is 106 Å². The molecule has 2 aliphatic rings. The zero-order valence-electron chi connectivity index (χ0n) is 20.6. The van der Waals surface area contributed by atoms with Gasteiger partial charge < -0.3 is 14.7 Å². The fraction of sp³-hybridized carbons (Fsp3) is 0.296. The first-order valence-corrected chi connectivity index (χ1v) is 13.0. The summed E-state index contributed by atoms with van der Waals surface area (Å²) in [5.41, 5.74) is 5.75. The minimum Gasteiger partial charge on any atom is -0.482 e. The van der Waals surface area contributed by atoms with Crippen molar-refractivity contribution >= 4 is 28.0 Å². The molecule has 9 nitrogen and oxygen atoms in total. The summed E-state index contributed by atoms with van der Waals surface area (Å²) in [4.78, 5) is 19.6. The highest BCUT2D eigenvalue weighted by molar-refractivity contribution is 7.18. The third kappa shape index (κ3) is 4.48. The summed E-state index contributed by atoms with van der Waals surface area (Å²) in [6.07, 6.45) is 5.72. The lowest BCUT2D eigenvalue weighted by atomic mass is 9.82. The maximum atomic E-state index is 10.9. The second-order valence-electron chi connectivity index (χ2n) is 9.57. The van der Waals surface area contributed by atoms with Gasteiger partial charge in [0.05, 0.1) is 11.1 Å². The van der Waals surface area contributed by atoms with Gasteiger partial charge in [-0.1, -0.05) is 53.3 Å². The van der Waals surface area contributed by atoms with E-state index in [0.29, 0.717) is 5.82 Å². The average Bonchev–Trinajstić information content (AvgIpc) is 3.55. The Bertz CT molecular complexity index is 1520. The van der Waals surface area contributed by atoms with Gasteiger partial charge in [-0.15, -0.1) is 10.2 Å². The molecule has 1 fully saturated rings. The zero-order chi connectivity index (χ0) is 25.6. The normalized spacial score (nSPS) is 16.3. The number of aryl methyl sites for hydroxylation is 2. The molecule has 0 aliphatic carbocycles. The molecule has 2 aliphatic heterocycles. The van der Waals surface area contributed by atoms with Gasteiger partial charge >= 0.3 is 5.97 Å². The number of hydrogen-bond donors (Lipinski definition) is 1. The molecule has 1 saturated heterocycles. The Morgan fingerprint density at radius 2 is 1.95 bits per heavy atom. The SMILES string of the molecule is Cc1ccc(C)c(C2=CC3(CCN(c4ncc(-c5nnn(CC(=O)O)n5)s4)CC3)Oc3ccccc32)c1. The van der Waals surface area contributed by atoms with Crippen LogP contribution in [0.5, 0.6) is 5.75 Å². The van der Waals surface area contributed by atoms with Gasteiger partial charge in [0.1, 0.15) is 11.4 Å². The van der Waals surface area contributed by atoms with E-state index >= 15 is 0 Å². The second kappa shape index (κ2) is 9.11. The Hall–Kier alpha value is -4.05. The van der Waals surface area contributed by atoms with Gasteiger partial charge in [-0.3, -0.25) is 4.79 Å². The summed E-state index contributed by atoms with van der Waals surface area (Å²) in [6, 6.07) is 14.9. The molecule has 0 atom stereocenters. The van der Waals surface area contributed by atoms with Gasteiger partial charge in [-0.2, -0.15) is 4.80 Å². The summed E-state index contributed by atoms with van der Waals surface area (Å²) in [7, 11) is 0. The minimum absolute atomic E-state index is 0.326. The van der Waals surface area contributed by atoms with Gasteiger partial charge in [-0.25, -0.2) is 4.98 Å². The predicted molar refractivity (Wildman–Crippen MR) is 141 cm³/mol. The van der Waals surface area contributed by atoms with E-state index in [-0.39, 0.29) is 12.1 Å². The summed E-state index contributed by atoms with van der Waals surface area (Å²) in [5, 5.41) is 21.8. The van der Waals surface area contributed by atoms with E-state index in [1.54, 1.807) is 6.20 Å². The number of carbonyl (C=O) groups is 1. The van der Waals surface area contributed by atoms with Crippen LogP contribution in [0.15, 0.2) is 54.7 Å². The maximum absolute atomic E-state index is 10.9. The number of hydrogen-bond acceptors (Lipinski definition) is 8. The standard InChI is InChI=1S/C27H26N6O3S/c1-17-7-8-18(2)20(13-17)21-14-27(36-22-6-4-3-5-19(21)22)9-11-32(12-10-27)26-28-15-23(37-26)25-29-31-33(30-25)16-24(34)35/h3-8,13-15H,9-12,16H2,1-2H3,(H,34,35). The Morgan fingerprint density at radius 1 is 1.14 bits per heavy atom. The quantitative estimate of drug-likeness (QED) is 0.419. The molecule has 0 unspecified atom stereocenters. The molecule has 0 saturated carbocycles. The number of tetrazole rings is 1.